The van der Waals surface area contributed by atoms with Crippen LogP contribution in [0.5, 0.6) is 0 Å². The van der Waals surface area contributed by atoms with Crippen molar-refractivity contribution in [1.29, 1.82) is 0 Å². The van der Waals surface area contributed by atoms with Gasteiger partial charge < -0.3 is 21.3 Å². The van der Waals surface area contributed by atoms with Gasteiger partial charge in [-0.15, -0.1) is 0 Å². The number of rotatable bonds is 7. The van der Waals surface area contributed by atoms with Gasteiger partial charge in [-0.25, -0.2) is 4.98 Å². The first-order valence-corrected chi connectivity index (χ1v) is 8.88. The molecule has 0 aliphatic heterocycles. The second kappa shape index (κ2) is 7.90. The van der Waals surface area contributed by atoms with Crippen LogP contribution in [0, 0.1) is 6.92 Å². The summed E-state index contributed by atoms with van der Waals surface area (Å²) in [5.41, 5.74) is 7.29. The third-order valence-electron chi connectivity index (χ3n) is 3.83. The van der Waals surface area contributed by atoms with Crippen molar-refractivity contribution in [1.82, 2.24) is 15.2 Å². The lowest BCUT2D eigenvalue weighted by molar-refractivity contribution is -0.132. The molecule has 0 saturated heterocycles. The van der Waals surface area contributed by atoms with Crippen LogP contribution in [0.25, 0.3) is 10.2 Å². The lowest BCUT2D eigenvalue weighted by Gasteiger charge is -2.25. The highest BCUT2D eigenvalue weighted by Crippen LogP contribution is 2.26. The van der Waals surface area contributed by atoms with E-state index < -0.39 is 0 Å². The highest BCUT2D eigenvalue weighted by Gasteiger charge is 2.19. The number of benzene rings is 1. The zero-order valence-corrected chi connectivity index (χ0v) is 15.9. The molecule has 7 nitrogen and oxygen atoms in total. The number of anilines is 1. The molecule has 4 N–H and O–H groups in total. The molecule has 0 bridgehead atoms. The second-order valence-electron chi connectivity index (χ2n) is 6.73. The minimum atomic E-state index is -0.322. The molecule has 1 aromatic heterocycles. The molecule has 1 heterocycles. The van der Waals surface area contributed by atoms with Crippen LogP contribution < -0.4 is 16.4 Å². The van der Waals surface area contributed by atoms with Crippen LogP contribution in [0.2, 0.25) is 0 Å². The summed E-state index contributed by atoms with van der Waals surface area (Å²) in [6.07, 6.45) is 0. The van der Waals surface area contributed by atoms with Crippen LogP contribution in [-0.2, 0) is 9.59 Å². The van der Waals surface area contributed by atoms with Gasteiger partial charge in [0.25, 0.3) is 0 Å². The Morgan fingerprint density at radius 1 is 1.36 bits per heavy atom. The van der Waals surface area contributed by atoms with Gasteiger partial charge in [-0.05, 0) is 38.5 Å². The first kappa shape index (κ1) is 19.3. The van der Waals surface area contributed by atoms with E-state index >= 15 is 0 Å². The number of likely N-dealkylation sites (N-methyl/N-ethyl adjacent to an activating group) is 1. The normalized spacial score (nSPS) is 11.6. The molecule has 0 aliphatic rings. The number of hydrogen-bond acceptors (Lipinski definition) is 6. The zero-order valence-electron chi connectivity index (χ0n) is 15.0. The van der Waals surface area contributed by atoms with Gasteiger partial charge >= 0.3 is 0 Å². The van der Waals surface area contributed by atoms with Crippen LogP contribution in [0.3, 0.4) is 0 Å². The summed E-state index contributed by atoms with van der Waals surface area (Å²) in [4.78, 5) is 30.0. The maximum atomic E-state index is 12.1. The van der Waals surface area contributed by atoms with Crippen molar-refractivity contribution < 1.29 is 9.59 Å². The van der Waals surface area contributed by atoms with E-state index in [1.165, 1.54) is 16.2 Å². The fourth-order valence-electron chi connectivity index (χ4n) is 2.07. The third kappa shape index (κ3) is 5.48. The molecule has 0 radical (unpaired) electrons. The number of amides is 2. The Kier molecular flexibility index (Phi) is 6.10. The van der Waals surface area contributed by atoms with Crippen LogP contribution in [0.4, 0.5) is 5.13 Å². The Balaban J connectivity index is 1.88. The summed E-state index contributed by atoms with van der Waals surface area (Å²) in [5.74, 6) is -0.443. The molecule has 8 heteroatoms. The number of aromatic nitrogens is 1. The van der Waals surface area contributed by atoms with E-state index in [0.717, 1.165) is 15.8 Å². The summed E-state index contributed by atoms with van der Waals surface area (Å²) < 4.78 is 1.02. The Morgan fingerprint density at radius 2 is 2.08 bits per heavy atom. The number of aryl methyl sites for hydroxylation is 1. The number of carbonyl (C=O) groups is 2. The molecule has 2 amide bonds. The molecule has 0 fully saturated rings. The van der Waals surface area contributed by atoms with E-state index in [2.05, 4.69) is 15.6 Å². The molecular weight excluding hydrogens is 338 g/mol. The van der Waals surface area contributed by atoms with Crippen molar-refractivity contribution in [3.63, 3.8) is 0 Å². The van der Waals surface area contributed by atoms with E-state index in [4.69, 9.17) is 5.73 Å². The number of hydrogen-bond donors (Lipinski definition) is 3. The predicted molar refractivity (Wildman–Crippen MR) is 102 cm³/mol. The van der Waals surface area contributed by atoms with E-state index in [9.17, 15) is 9.59 Å². The second-order valence-corrected chi connectivity index (χ2v) is 7.76. The maximum Gasteiger partial charge on any atom is 0.245 e. The average molecular weight is 363 g/mol. The van der Waals surface area contributed by atoms with Crippen LogP contribution in [-0.4, -0.2) is 53.9 Å². The smallest absolute Gasteiger partial charge is 0.245 e. The molecule has 0 spiro atoms. The van der Waals surface area contributed by atoms with Crippen molar-refractivity contribution in [2.75, 3.05) is 32.0 Å². The van der Waals surface area contributed by atoms with E-state index in [1.54, 1.807) is 7.05 Å². The van der Waals surface area contributed by atoms with Crippen LogP contribution in [0.1, 0.15) is 19.4 Å². The molecule has 136 valence electrons. The molecule has 1 aromatic carbocycles. The molecule has 0 unspecified atom stereocenters. The monoisotopic (exact) mass is 363 g/mol. The van der Waals surface area contributed by atoms with Crippen molar-refractivity contribution >= 4 is 38.5 Å². The SMILES string of the molecule is Cc1ccc2nc(NC(=O)CN(C)C(=O)CNC(C)(C)CN)sc2c1. The van der Waals surface area contributed by atoms with Gasteiger partial charge in [-0.2, -0.15) is 0 Å². The van der Waals surface area contributed by atoms with Crippen molar-refractivity contribution in [2.45, 2.75) is 26.3 Å². The van der Waals surface area contributed by atoms with E-state index in [-0.39, 0.29) is 30.4 Å². The fourth-order valence-corrected chi connectivity index (χ4v) is 3.05. The maximum absolute atomic E-state index is 12.1. The summed E-state index contributed by atoms with van der Waals surface area (Å²) in [6.45, 7) is 6.37. The Bertz CT molecular complexity index is 771. The topological polar surface area (TPSA) is 100 Å². The average Bonchev–Trinajstić information content (AvgIpc) is 2.93. The molecule has 2 aromatic rings. The lowest BCUT2D eigenvalue weighted by Crippen LogP contribution is -2.50. The molecule has 25 heavy (non-hydrogen) atoms. The van der Waals surface area contributed by atoms with Gasteiger partial charge in [0.2, 0.25) is 11.8 Å². The summed E-state index contributed by atoms with van der Waals surface area (Å²) in [6, 6.07) is 5.94. The van der Waals surface area contributed by atoms with Crippen LogP contribution >= 0.6 is 11.3 Å². The van der Waals surface area contributed by atoms with Gasteiger partial charge in [-0.3, -0.25) is 9.59 Å². The Morgan fingerprint density at radius 3 is 2.76 bits per heavy atom. The van der Waals surface area contributed by atoms with Gasteiger partial charge in [0.05, 0.1) is 23.3 Å². The number of nitrogens with zero attached hydrogens (tertiary/aromatic N) is 2. The molecule has 2 rings (SSSR count). The first-order chi connectivity index (χ1) is 11.7. The highest BCUT2D eigenvalue weighted by atomic mass is 32.1. The lowest BCUT2D eigenvalue weighted by atomic mass is 10.1. The molecule has 0 atom stereocenters. The Labute approximate surface area is 151 Å². The minimum absolute atomic E-state index is 0.0292. The zero-order chi connectivity index (χ0) is 18.6. The number of carbonyl (C=O) groups excluding carboxylic acids is 2. The summed E-state index contributed by atoms with van der Waals surface area (Å²) in [7, 11) is 1.60. The minimum Gasteiger partial charge on any atom is -0.335 e. The summed E-state index contributed by atoms with van der Waals surface area (Å²) >= 11 is 1.42. The van der Waals surface area contributed by atoms with Gasteiger partial charge in [-0.1, -0.05) is 17.4 Å². The number of nitrogens with two attached hydrogens (primary N) is 1. The standard InChI is InChI=1S/C17H25N5O2S/c1-11-5-6-12-13(7-11)25-16(20-12)21-14(23)9-22(4)15(24)8-19-17(2,3)10-18/h5-7,19H,8-10,18H2,1-4H3,(H,20,21,23). The third-order valence-corrected chi connectivity index (χ3v) is 4.76. The quantitative estimate of drug-likeness (QED) is 0.689. The predicted octanol–water partition coefficient (Wildman–Crippen LogP) is 1.33. The van der Waals surface area contributed by atoms with Gasteiger partial charge in [0, 0.05) is 19.1 Å². The molecular formula is C17H25N5O2S. The highest BCUT2D eigenvalue weighted by molar-refractivity contribution is 7.22. The van der Waals surface area contributed by atoms with Gasteiger partial charge in [0.15, 0.2) is 5.13 Å². The number of thiazole rings is 1. The van der Waals surface area contributed by atoms with Crippen LogP contribution in [0.15, 0.2) is 18.2 Å². The number of fused-ring (bicyclic) bond motifs is 1. The van der Waals surface area contributed by atoms with Gasteiger partial charge in [0.1, 0.15) is 0 Å². The summed E-state index contributed by atoms with van der Waals surface area (Å²) in [5, 5.41) is 6.37. The van der Waals surface area contributed by atoms with E-state index in [1.807, 2.05) is 39.0 Å². The fraction of sp³-hybridized carbons (Fsp3) is 0.471. The molecule has 0 aliphatic carbocycles. The Hall–Kier alpha value is -2.03. The van der Waals surface area contributed by atoms with Crippen molar-refractivity contribution in [2.24, 2.45) is 5.73 Å². The first-order valence-electron chi connectivity index (χ1n) is 8.06. The van der Waals surface area contributed by atoms with E-state index in [0.29, 0.717) is 11.7 Å². The number of nitrogens with one attached hydrogen (secondary N) is 2. The van der Waals surface area contributed by atoms with Crippen molar-refractivity contribution in [3.8, 4) is 0 Å². The van der Waals surface area contributed by atoms with Crippen molar-refractivity contribution in [3.05, 3.63) is 23.8 Å². The largest absolute Gasteiger partial charge is 0.335 e. The molecule has 0 saturated carbocycles.